The van der Waals surface area contributed by atoms with Crippen LogP contribution in [0.5, 0.6) is 11.5 Å². The second-order valence-electron chi connectivity index (χ2n) is 13.8. The van der Waals surface area contributed by atoms with E-state index in [0.29, 0.717) is 42.1 Å². The molecule has 0 spiro atoms. The summed E-state index contributed by atoms with van der Waals surface area (Å²) in [6.07, 6.45) is 1.80. The highest BCUT2D eigenvalue weighted by Gasteiger charge is 2.56. The molecule has 19 nitrogen and oxygen atoms in total. The number of carboxylic acids is 1. The van der Waals surface area contributed by atoms with Crippen LogP contribution in [-0.2, 0) is 19.2 Å². The van der Waals surface area contributed by atoms with Crippen LogP contribution in [0.1, 0.15) is 48.6 Å². The number of nitrogens with two attached hydrogens (primary N) is 1. The van der Waals surface area contributed by atoms with Crippen LogP contribution < -0.4 is 11.1 Å². The summed E-state index contributed by atoms with van der Waals surface area (Å²) in [6.45, 7) is 5.42. The molecule has 0 radical (unpaired) electrons. The molecule has 286 valence electrons. The first-order chi connectivity index (χ1) is 25.6. The van der Waals surface area contributed by atoms with Gasteiger partial charge in [0.1, 0.15) is 34.0 Å². The summed E-state index contributed by atoms with van der Waals surface area (Å²) >= 11 is 14.7. The minimum Gasteiger partial charge on any atom is -0.504 e. The Hall–Kier alpha value is -4.70. The van der Waals surface area contributed by atoms with Crippen LogP contribution >= 0.6 is 46.3 Å². The number of aromatic amines is 1. The number of fused-ring (bicyclic) bond motifs is 2. The Morgan fingerprint density at radius 3 is 2.69 bits per heavy atom. The lowest BCUT2D eigenvalue weighted by Gasteiger charge is -2.52. The van der Waals surface area contributed by atoms with Gasteiger partial charge in [0.15, 0.2) is 22.3 Å². The van der Waals surface area contributed by atoms with Crippen molar-refractivity contribution in [2.45, 2.75) is 49.7 Å². The van der Waals surface area contributed by atoms with Gasteiger partial charge in [0.25, 0.3) is 17.7 Å². The number of nitrogen functional groups attached to an aromatic ring is 1. The van der Waals surface area contributed by atoms with Crippen LogP contribution in [0.15, 0.2) is 22.9 Å². The van der Waals surface area contributed by atoms with Crippen LogP contribution in [-0.4, -0.2) is 146 Å². The van der Waals surface area contributed by atoms with Crippen LogP contribution in [0, 0.1) is 0 Å². The van der Waals surface area contributed by atoms with Crippen molar-refractivity contribution in [1.82, 2.24) is 40.7 Å². The molecule has 0 saturated carbocycles. The van der Waals surface area contributed by atoms with E-state index in [1.54, 1.807) is 4.90 Å². The average molecular weight is 824 g/mol. The van der Waals surface area contributed by atoms with Gasteiger partial charge in [-0.05, 0) is 31.2 Å². The number of benzene rings is 1. The lowest BCUT2D eigenvalue weighted by atomic mass is 10.00. The number of thioether (sulfide) groups is 1. The number of piperazine rings is 1. The first-order valence-electron chi connectivity index (χ1n) is 16.6. The summed E-state index contributed by atoms with van der Waals surface area (Å²) in [4.78, 5) is 65.3. The number of carbonyl (C=O) groups is 4. The summed E-state index contributed by atoms with van der Waals surface area (Å²) in [5, 5.41) is 49.9. The van der Waals surface area contributed by atoms with E-state index in [2.05, 4.69) is 36.1 Å². The lowest BCUT2D eigenvalue weighted by molar-refractivity contribution is -0.938. The number of thiazole rings is 1. The Kier molecular flexibility index (Phi) is 9.88. The monoisotopic (exact) mass is 822 g/mol. The minimum atomic E-state index is -1.81. The molecule has 4 aliphatic heterocycles. The summed E-state index contributed by atoms with van der Waals surface area (Å²) in [6, 6.07) is 1.61. The first-order valence-corrected chi connectivity index (χ1v) is 19.2. The molecular weight excluding hydrogens is 789 g/mol. The predicted molar refractivity (Wildman–Crippen MR) is 196 cm³/mol. The van der Waals surface area contributed by atoms with Crippen molar-refractivity contribution in [2.75, 3.05) is 44.2 Å². The zero-order valence-corrected chi connectivity index (χ0v) is 31.8. The lowest BCUT2D eigenvalue weighted by Crippen LogP contribution is -2.70. The standard InChI is InChI=1S/C31H33Cl2N11O8S2/c1-31(2,29(50)51)52-39-19(18-23(33)54-30(34)36-18)25(47)35-20-27(49)43-21(24-37-40-41-38-24)14(12-53-28(20)43)11-44-6-3-4-15(44)10-42(5-7-44)26(48)13-8-16(32)22(46)17(45)9-13/h8-9,15,20,28H,3-7,10-12H2,1-2H3,(H6-,34,35,36,37,38,39,40,41,45,46,47,48,50,51)/p+1/t15-,20+,28+,44+/m0/s1. The van der Waals surface area contributed by atoms with Gasteiger partial charge in [0.05, 0.1) is 36.9 Å². The third-order valence-electron chi connectivity index (χ3n) is 10.1. The van der Waals surface area contributed by atoms with Crippen molar-refractivity contribution >= 4 is 86.5 Å². The van der Waals surface area contributed by atoms with Gasteiger partial charge in [-0.2, -0.15) is 5.21 Å². The van der Waals surface area contributed by atoms with E-state index < -0.39 is 52.0 Å². The van der Waals surface area contributed by atoms with E-state index in [9.17, 15) is 34.5 Å². The maximum absolute atomic E-state index is 13.9. The number of aromatic hydroxyl groups is 2. The highest BCUT2D eigenvalue weighted by Crippen LogP contribution is 2.45. The van der Waals surface area contributed by atoms with Crippen LogP contribution in [0.4, 0.5) is 5.13 Å². The van der Waals surface area contributed by atoms with E-state index in [1.807, 2.05) is 0 Å². The Bertz CT molecular complexity index is 2090. The number of hydrogen-bond acceptors (Lipinski definition) is 15. The zero-order valence-electron chi connectivity index (χ0n) is 28.7. The van der Waals surface area contributed by atoms with Gasteiger partial charge in [-0.15, -0.1) is 22.0 Å². The van der Waals surface area contributed by atoms with E-state index in [-0.39, 0.29) is 43.5 Å². The largest absolute Gasteiger partial charge is 0.504 e. The molecule has 3 fully saturated rings. The Balaban J connectivity index is 1.11. The normalized spacial score (nSPS) is 24.2. The van der Waals surface area contributed by atoms with Crippen LogP contribution in [0.25, 0.3) is 5.70 Å². The molecular formula is C31H34Cl2N11O8S2+. The summed E-state index contributed by atoms with van der Waals surface area (Å²) < 4.78 is 0.695. The minimum absolute atomic E-state index is 0.0145. The number of hydrogen-bond donors (Lipinski definition) is 6. The second kappa shape index (κ2) is 14.2. The quantitative estimate of drug-likeness (QED) is 0.0557. The number of nitrogens with zero attached hydrogens (tertiary/aromatic N) is 8. The molecule has 54 heavy (non-hydrogen) atoms. The number of phenolic OH excluding ortho intramolecular Hbond substituents is 2. The SMILES string of the molecule is CC(C)(O/N=C(\C(=O)N[C@@H]1C(=O)N2C(c3nn[nH]n3)=C(C[N@+]34CCC[C@H]3CN(C(=O)c3cc(O)c(O)c(Cl)c3)CC4)CS[C@H]12)c1nc(N)sc1Cl)C(=O)O. The van der Waals surface area contributed by atoms with Crippen molar-refractivity contribution in [2.24, 2.45) is 5.16 Å². The van der Waals surface area contributed by atoms with Crippen molar-refractivity contribution in [3.8, 4) is 11.5 Å². The van der Waals surface area contributed by atoms with Gasteiger partial charge in [0, 0.05) is 29.7 Å². The molecule has 4 aliphatic rings. The van der Waals surface area contributed by atoms with Crippen LogP contribution in [0.3, 0.4) is 0 Å². The van der Waals surface area contributed by atoms with Crippen molar-refractivity contribution in [3.63, 3.8) is 0 Å². The molecule has 3 amide bonds. The third kappa shape index (κ3) is 6.67. The van der Waals surface area contributed by atoms with E-state index in [4.69, 9.17) is 33.8 Å². The number of β-lactam (4-membered cyclic amide) rings is 1. The third-order valence-corrected chi connectivity index (χ3v) is 12.8. The number of anilines is 1. The molecule has 0 aliphatic carbocycles. The molecule has 4 atom stereocenters. The van der Waals surface area contributed by atoms with Gasteiger partial charge >= 0.3 is 5.97 Å². The van der Waals surface area contributed by atoms with Gasteiger partial charge in [-0.25, -0.2) is 9.78 Å². The van der Waals surface area contributed by atoms with E-state index >= 15 is 0 Å². The number of phenols is 2. The summed E-state index contributed by atoms with van der Waals surface area (Å²) in [5.74, 6) is -3.23. The number of carboxylic acid groups (broad SMARTS) is 1. The maximum atomic E-state index is 13.9. The Morgan fingerprint density at radius 1 is 1.24 bits per heavy atom. The van der Waals surface area contributed by atoms with Crippen molar-refractivity contribution < 1.29 is 43.8 Å². The predicted octanol–water partition coefficient (Wildman–Crippen LogP) is 1.49. The molecule has 23 heteroatoms. The molecule has 2 aromatic heterocycles. The number of halogens is 2. The van der Waals surface area contributed by atoms with E-state index in [1.165, 1.54) is 42.6 Å². The Morgan fingerprint density at radius 2 is 2.02 bits per heavy atom. The Labute approximate surface area is 324 Å². The number of tetrazole rings is 1. The fourth-order valence-electron chi connectivity index (χ4n) is 7.21. The number of aromatic nitrogens is 5. The van der Waals surface area contributed by atoms with Gasteiger partial charge in [-0.3, -0.25) is 19.3 Å². The van der Waals surface area contributed by atoms with Gasteiger partial charge in [0.2, 0.25) is 11.4 Å². The van der Waals surface area contributed by atoms with Gasteiger partial charge in [-0.1, -0.05) is 39.7 Å². The molecule has 7 N–H and O–H groups in total. The number of carbonyl (C=O) groups excluding carboxylic acids is 3. The average Bonchev–Trinajstić information content (AvgIpc) is 3.89. The molecule has 0 unspecified atom stereocenters. The maximum Gasteiger partial charge on any atom is 0.350 e. The number of aliphatic carboxylic acids is 1. The zero-order chi connectivity index (χ0) is 38.7. The fraction of sp³-hybridized carbons (Fsp3) is 0.452. The molecule has 3 saturated heterocycles. The topological polar surface area (TPSA) is 262 Å². The molecule has 0 bridgehead atoms. The smallest absolute Gasteiger partial charge is 0.350 e. The van der Waals surface area contributed by atoms with Crippen LogP contribution in [0.2, 0.25) is 9.36 Å². The molecule has 7 rings (SSSR count). The second-order valence-corrected chi connectivity index (χ2v) is 16.9. The number of nitrogens with one attached hydrogen (secondary N) is 2. The molecule has 1 aromatic carbocycles. The number of quaternary nitrogens is 1. The highest BCUT2D eigenvalue weighted by atomic mass is 35.5. The van der Waals surface area contributed by atoms with E-state index in [0.717, 1.165) is 36.3 Å². The summed E-state index contributed by atoms with van der Waals surface area (Å²) in [7, 11) is 0. The van der Waals surface area contributed by atoms with Crippen molar-refractivity contribution in [1.29, 1.82) is 0 Å². The number of amides is 3. The number of rotatable bonds is 10. The molecule has 3 aromatic rings. The summed E-state index contributed by atoms with van der Waals surface area (Å²) in [5.41, 5.74) is 4.98. The van der Waals surface area contributed by atoms with Gasteiger partial charge < -0.3 is 40.6 Å². The fourth-order valence-corrected chi connectivity index (χ4v) is 9.69. The first kappa shape index (κ1) is 37.6. The number of oxime groups is 1. The molecule has 6 heterocycles. The van der Waals surface area contributed by atoms with Crippen molar-refractivity contribution in [3.05, 3.63) is 44.1 Å². The number of H-pyrrole nitrogens is 1. The highest BCUT2D eigenvalue weighted by molar-refractivity contribution is 8.00.